The molecule has 1 aliphatic heterocycles. The van der Waals surface area contributed by atoms with E-state index in [1.54, 1.807) is 0 Å². The number of aryl methyl sites for hydroxylation is 1. The summed E-state index contributed by atoms with van der Waals surface area (Å²) in [6.45, 7) is 11.2. The zero-order chi connectivity index (χ0) is 21.5. The van der Waals surface area contributed by atoms with Crippen molar-refractivity contribution in [3.05, 3.63) is 41.1 Å². The summed E-state index contributed by atoms with van der Waals surface area (Å²) in [4.78, 5) is 14.1. The number of carbonyl (C=O) groups excluding carboxylic acids is 1. The summed E-state index contributed by atoms with van der Waals surface area (Å²) in [6.07, 6.45) is 1.41. The lowest BCUT2D eigenvalue weighted by atomic mass is 10.0. The number of hydrogen-bond donors (Lipinski definition) is 2. The van der Waals surface area contributed by atoms with Crippen molar-refractivity contribution in [2.45, 2.75) is 52.6 Å². The minimum Gasteiger partial charge on any atom is -0.378 e. The van der Waals surface area contributed by atoms with Crippen LogP contribution in [0.4, 0.5) is 11.5 Å². The summed E-state index contributed by atoms with van der Waals surface area (Å²) >= 11 is 0. The van der Waals surface area contributed by atoms with Crippen molar-refractivity contribution in [1.82, 2.24) is 15.1 Å². The van der Waals surface area contributed by atoms with Gasteiger partial charge in [0, 0.05) is 50.9 Å². The summed E-state index contributed by atoms with van der Waals surface area (Å²) in [5.41, 5.74) is 4.46. The second-order valence-corrected chi connectivity index (χ2v) is 8.16. The van der Waals surface area contributed by atoms with Crippen LogP contribution in [0.3, 0.4) is 0 Å². The van der Waals surface area contributed by atoms with E-state index in [2.05, 4.69) is 41.5 Å². The molecule has 1 aromatic carbocycles. The molecule has 164 valence electrons. The largest absolute Gasteiger partial charge is 0.378 e. The van der Waals surface area contributed by atoms with Crippen LogP contribution < -0.4 is 15.5 Å². The monoisotopic (exact) mass is 413 g/mol. The van der Waals surface area contributed by atoms with Crippen molar-refractivity contribution in [1.29, 1.82) is 0 Å². The van der Waals surface area contributed by atoms with Crippen molar-refractivity contribution in [2.75, 3.05) is 36.5 Å². The first-order valence-electron chi connectivity index (χ1n) is 11.0. The van der Waals surface area contributed by atoms with E-state index in [-0.39, 0.29) is 5.91 Å². The Balaban J connectivity index is 1.64. The minimum absolute atomic E-state index is 0.0665. The Labute approximate surface area is 179 Å². The van der Waals surface area contributed by atoms with Gasteiger partial charge in [-0.2, -0.15) is 5.10 Å². The fraction of sp³-hybridized carbons (Fsp3) is 0.565. The predicted octanol–water partition coefficient (Wildman–Crippen LogP) is 3.41. The third-order valence-corrected chi connectivity index (χ3v) is 5.35. The Morgan fingerprint density at radius 1 is 1.17 bits per heavy atom. The lowest BCUT2D eigenvalue weighted by Gasteiger charge is -2.29. The molecule has 2 N–H and O–H groups in total. The Hall–Kier alpha value is -2.38. The van der Waals surface area contributed by atoms with Crippen LogP contribution in [0.5, 0.6) is 0 Å². The maximum Gasteiger partial charge on any atom is 0.224 e. The molecule has 3 rings (SSSR count). The molecule has 0 unspecified atom stereocenters. The second kappa shape index (κ2) is 10.6. The number of anilines is 2. The van der Waals surface area contributed by atoms with E-state index in [4.69, 9.17) is 9.84 Å². The number of morpholine rings is 1. The van der Waals surface area contributed by atoms with Crippen LogP contribution in [0.1, 0.15) is 56.4 Å². The molecule has 2 aromatic rings. The van der Waals surface area contributed by atoms with Crippen LogP contribution in [0.25, 0.3) is 0 Å². The standard InChI is InChI=1S/C23H35N5O2/c1-5-6-21(29)25-19-9-7-18(8-10-19)15-24-16-20-22(17(2)3)26-27(4)23(20)28-11-13-30-14-12-28/h7-10,17,24H,5-6,11-16H2,1-4H3,(H,25,29). The van der Waals surface area contributed by atoms with Crippen molar-refractivity contribution in [2.24, 2.45) is 7.05 Å². The quantitative estimate of drug-likeness (QED) is 0.659. The molecule has 7 nitrogen and oxygen atoms in total. The molecule has 0 atom stereocenters. The molecule has 0 aliphatic carbocycles. The van der Waals surface area contributed by atoms with Gasteiger partial charge in [-0.1, -0.05) is 32.9 Å². The molecule has 0 radical (unpaired) electrons. The zero-order valence-electron chi connectivity index (χ0n) is 18.7. The smallest absolute Gasteiger partial charge is 0.224 e. The van der Waals surface area contributed by atoms with E-state index in [0.29, 0.717) is 12.3 Å². The maximum atomic E-state index is 11.7. The van der Waals surface area contributed by atoms with Crippen molar-refractivity contribution >= 4 is 17.4 Å². The maximum absolute atomic E-state index is 11.7. The second-order valence-electron chi connectivity index (χ2n) is 8.16. The van der Waals surface area contributed by atoms with Crippen LogP contribution in [0.2, 0.25) is 0 Å². The number of nitrogens with zero attached hydrogens (tertiary/aromatic N) is 3. The number of ether oxygens (including phenoxy) is 1. The van der Waals surface area contributed by atoms with Crippen molar-refractivity contribution in [3.8, 4) is 0 Å². The lowest BCUT2D eigenvalue weighted by Crippen LogP contribution is -2.38. The molecule has 1 aliphatic rings. The Morgan fingerprint density at radius 2 is 1.87 bits per heavy atom. The van der Waals surface area contributed by atoms with E-state index in [1.807, 2.05) is 30.8 Å². The van der Waals surface area contributed by atoms with Crippen LogP contribution in [-0.4, -0.2) is 42.0 Å². The molecule has 7 heteroatoms. The van der Waals surface area contributed by atoms with E-state index in [0.717, 1.165) is 57.2 Å². The number of rotatable bonds is 9. The number of hydrogen-bond acceptors (Lipinski definition) is 5. The lowest BCUT2D eigenvalue weighted by molar-refractivity contribution is -0.116. The first-order valence-corrected chi connectivity index (χ1v) is 11.0. The van der Waals surface area contributed by atoms with E-state index in [1.165, 1.54) is 16.9 Å². The van der Waals surface area contributed by atoms with Crippen LogP contribution in [0.15, 0.2) is 24.3 Å². The molecule has 2 heterocycles. The number of nitrogens with one attached hydrogen (secondary N) is 2. The first kappa shape index (κ1) is 22.3. The van der Waals surface area contributed by atoms with Gasteiger partial charge in [0.2, 0.25) is 5.91 Å². The third kappa shape index (κ3) is 5.61. The number of benzene rings is 1. The molecule has 0 bridgehead atoms. The van der Waals surface area contributed by atoms with Gasteiger partial charge in [-0.3, -0.25) is 9.48 Å². The van der Waals surface area contributed by atoms with E-state index < -0.39 is 0 Å². The molecular weight excluding hydrogens is 378 g/mol. The van der Waals surface area contributed by atoms with Gasteiger partial charge in [-0.15, -0.1) is 0 Å². The highest BCUT2D eigenvalue weighted by Gasteiger charge is 2.23. The van der Waals surface area contributed by atoms with Gasteiger partial charge in [0.15, 0.2) is 0 Å². The number of carbonyl (C=O) groups is 1. The van der Waals surface area contributed by atoms with Gasteiger partial charge < -0.3 is 20.3 Å². The van der Waals surface area contributed by atoms with Gasteiger partial charge in [-0.25, -0.2) is 0 Å². The molecule has 1 saturated heterocycles. The summed E-state index contributed by atoms with van der Waals surface area (Å²) < 4.78 is 7.55. The van der Waals surface area contributed by atoms with Gasteiger partial charge in [0.1, 0.15) is 5.82 Å². The minimum atomic E-state index is 0.0665. The van der Waals surface area contributed by atoms with Gasteiger partial charge in [0.05, 0.1) is 18.9 Å². The molecule has 1 aromatic heterocycles. The highest BCUT2D eigenvalue weighted by molar-refractivity contribution is 5.90. The summed E-state index contributed by atoms with van der Waals surface area (Å²) in [6, 6.07) is 8.05. The number of amides is 1. The van der Waals surface area contributed by atoms with Gasteiger partial charge >= 0.3 is 0 Å². The summed E-state index contributed by atoms with van der Waals surface area (Å²) in [5, 5.41) is 11.3. The Bertz CT molecular complexity index is 823. The first-order chi connectivity index (χ1) is 14.5. The molecule has 0 spiro atoms. The van der Waals surface area contributed by atoms with Crippen molar-refractivity contribution in [3.63, 3.8) is 0 Å². The fourth-order valence-electron chi connectivity index (χ4n) is 3.87. The van der Waals surface area contributed by atoms with Crippen molar-refractivity contribution < 1.29 is 9.53 Å². The topological polar surface area (TPSA) is 71.4 Å². The third-order valence-electron chi connectivity index (χ3n) is 5.35. The zero-order valence-corrected chi connectivity index (χ0v) is 18.7. The van der Waals surface area contributed by atoms with Crippen LogP contribution in [0, 0.1) is 0 Å². The molecular formula is C23H35N5O2. The normalized spacial score (nSPS) is 14.4. The Morgan fingerprint density at radius 3 is 2.50 bits per heavy atom. The predicted molar refractivity (Wildman–Crippen MR) is 121 cm³/mol. The highest BCUT2D eigenvalue weighted by Crippen LogP contribution is 2.29. The average Bonchev–Trinajstić information content (AvgIpc) is 3.06. The molecule has 30 heavy (non-hydrogen) atoms. The SMILES string of the molecule is CCCC(=O)Nc1ccc(CNCc2c(C(C)C)nn(C)c2N2CCOCC2)cc1. The highest BCUT2D eigenvalue weighted by atomic mass is 16.5. The molecule has 0 saturated carbocycles. The molecule has 1 amide bonds. The summed E-state index contributed by atoms with van der Waals surface area (Å²) in [5.74, 6) is 1.63. The fourth-order valence-corrected chi connectivity index (χ4v) is 3.87. The number of aromatic nitrogens is 2. The van der Waals surface area contributed by atoms with E-state index in [9.17, 15) is 4.79 Å². The van der Waals surface area contributed by atoms with Gasteiger partial charge in [0.25, 0.3) is 0 Å². The van der Waals surface area contributed by atoms with E-state index >= 15 is 0 Å². The average molecular weight is 414 g/mol. The van der Waals surface area contributed by atoms with Crippen LogP contribution >= 0.6 is 0 Å². The van der Waals surface area contributed by atoms with Crippen LogP contribution in [-0.2, 0) is 29.7 Å². The van der Waals surface area contributed by atoms with Gasteiger partial charge in [-0.05, 0) is 30.0 Å². The Kier molecular flexibility index (Phi) is 7.87. The summed E-state index contributed by atoms with van der Waals surface area (Å²) in [7, 11) is 2.03. The molecule has 1 fully saturated rings.